The molecule has 0 fully saturated rings. The third-order valence-corrected chi connectivity index (χ3v) is 5.79. The minimum absolute atomic E-state index is 0.0450. The summed E-state index contributed by atoms with van der Waals surface area (Å²) in [5.41, 5.74) is 1.41. The van der Waals surface area contributed by atoms with E-state index in [9.17, 15) is 4.79 Å². The lowest BCUT2D eigenvalue weighted by Crippen LogP contribution is -2.33. The summed E-state index contributed by atoms with van der Waals surface area (Å²) >= 11 is 13.6. The first-order valence-electron chi connectivity index (χ1n) is 7.58. The lowest BCUT2D eigenvalue weighted by Gasteiger charge is -2.30. The molecule has 0 bridgehead atoms. The van der Waals surface area contributed by atoms with Gasteiger partial charge in [-0.25, -0.2) is 9.97 Å². The standard InChI is InChI=1S/C16H17Cl2N3OS/c1-3-14-20-10-5-4-6-12(15(10)23-14)21(2)16(22)11-7-9(17)8-13(18)19-11/h7-8,12H,3-6H2,1-2H3/t12-/m1/s1. The van der Waals surface area contributed by atoms with E-state index in [-0.39, 0.29) is 22.8 Å². The Morgan fingerprint density at radius 1 is 1.39 bits per heavy atom. The van der Waals surface area contributed by atoms with Crippen molar-refractivity contribution in [1.29, 1.82) is 0 Å². The van der Waals surface area contributed by atoms with Gasteiger partial charge in [0.2, 0.25) is 0 Å². The second-order valence-electron chi connectivity index (χ2n) is 5.59. The van der Waals surface area contributed by atoms with Gasteiger partial charge in [-0.2, -0.15) is 0 Å². The average molecular weight is 370 g/mol. The Balaban J connectivity index is 1.90. The zero-order valence-corrected chi connectivity index (χ0v) is 15.3. The van der Waals surface area contributed by atoms with Crippen LogP contribution in [0.3, 0.4) is 0 Å². The smallest absolute Gasteiger partial charge is 0.272 e. The summed E-state index contributed by atoms with van der Waals surface area (Å²) in [6, 6.07) is 3.12. The van der Waals surface area contributed by atoms with E-state index in [1.807, 2.05) is 7.05 Å². The van der Waals surface area contributed by atoms with Crippen LogP contribution in [0.5, 0.6) is 0 Å². The van der Waals surface area contributed by atoms with Crippen LogP contribution in [-0.2, 0) is 12.8 Å². The van der Waals surface area contributed by atoms with E-state index in [2.05, 4.69) is 16.9 Å². The first kappa shape index (κ1) is 16.7. The summed E-state index contributed by atoms with van der Waals surface area (Å²) in [4.78, 5) is 24.5. The molecule has 1 aliphatic carbocycles. The van der Waals surface area contributed by atoms with Crippen molar-refractivity contribution in [2.45, 2.75) is 38.6 Å². The van der Waals surface area contributed by atoms with Crippen LogP contribution in [-0.4, -0.2) is 27.8 Å². The van der Waals surface area contributed by atoms with E-state index < -0.39 is 0 Å². The maximum absolute atomic E-state index is 12.8. The van der Waals surface area contributed by atoms with Gasteiger partial charge in [-0.1, -0.05) is 30.1 Å². The molecule has 2 aromatic rings. The van der Waals surface area contributed by atoms with Crippen molar-refractivity contribution >= 4 is 40.4 Å². The first-order chi connectivity index (χ1) is 11.0. The molecule has 7 heteroatoms. The van der Waals surface area contributed by atoms with Gasteiger partial charge >= 0.3 is 0 Å². The molecule has 1 aliphatic rings. The summed E-state index contributed by atoms with van der Waals surface area (Å²) in [5.74, 6) is -0.168. The van der Waals surface area contributed by atoms with Crippen LogP contribution in [0.25, 0.3) is 0 Å². The third kappa shape index (κ3) is 3.37. The average Bonchev–Trinajstić information content (AvgIpc) is 2.95. The van der Waals surface area contributed by atoms with Crippen LogP contribution >= 0.6 is 34.5 Å². The molecule has 122 valence electrons. The van der Waals surface area contributed by atoms with Crippen molar-refractivity contribution in [3.8, 4) is 0 Å². The van der Waals surface area contributed by atoms with E-state index in [1.165, 1.54) is 10.9 Å². The van der Waals surface area contributed by atoms with Gasteiger partial charge in [0, 0.05) is 12.1 Å². The van der Waals surface area contributed by atoms with Crippen molar-refractivity contribution in [1.82, 2.24) is 14.9 Å². The van der Waals surface area contributed by atoms with Crippen LogP contribution in [0.1, 0.15) is 51.9 Å². The highest BCUT2D eigenvalue weighted by Crippen LogP contribution is 2.38. The van der Waals surface area contributed by atoms with Gasteiger partial charge in [0.05, 0.1) is 21.6 Å². The minimum atomic E-state index is -0.168. The number of hydrogen-bond donors (Lipinski definition) is 0. The SMILES string of the molecule is CCc1nc2c(s1)[C@H](N(C)C(=O)c1cc(Cl)cc(Cl)n1)CCC2. The highest BCUT2D eigenvalue weighted by atomic mass is 35.5. The van der Waals surface area contributed by atoms with Crippen LogP contribution in [0.2, 0.25) is 10.2 Å². The van der Waals surface area contributed by atoms with Gasteiger partial charge in [-0.15, -0.1) is 11.3 Å². The number of fused-ring (bicyclic) bond motifs is 1. The molecule has 0 aromatic carbocycles. The van der Waals surface area contributed by atoms with Gasteiger partial charge in [0.15, 0.2) is 0 Å². The van der Waals surface area contributed by atoms with E-state index in [0.717, 1.165) is 36.4 Å². The molecule has 4 nitrogen and oxygen atoms in total. The largest absolute Gasteiger partial charge is 0.332 e. The maximum Gasteiger partial charge on any atom is 0.272 e. The summed E-state index contributed by atoms with van der Waals surface area (Å²) in [5, 5.41) is 1.77. The number of amides is 1. The topological polar surface area (TPSA) is 46.1 Å². The molecule has 0 radical (unpaired) electrons. The molecule has 0 aliphatic heterocycles. The van der Waals surface area contributed by atoms with Crippen LogP contribution in [0, 0.1) is 0 Å². The Kier molecular flexibility index (Phi) is 4.90. The van der Waals surface area contributed by atoms with Gasteiger partial charge in [0.1, 0.15) is 10.8 Å². The fourth-order valence-electron chi connectivity index (χ4n) is 2.87. The quantitative estimate of drug-likeness (QED) is 0.745. The molecule has 0 spiro atoms. The van der Waals surface area contributed by atoms with E-state index >= 15 is 0 Å². The number of rotatable bonds is 3. The lowest BCUT2D eigenvalue weighted by atomic mass is 9.97. The molecule has 3 rings (SSSR count). The van der Waals surface area contributed by atoms with Crippen LogP contribution in [0.4, 0.5) is 0 Å². The Labute approximate surface area is 149 Å². The Morgan fingerprint density at radius 3 is 2.87 bits per heavy atom. The van der Waals surface area contributed by atoms with Gasteiger partial charge in [-0.05, 0) is 37.8 Å². The summed E-state index contributed by atoms with van der Waals surface area (Å²) in [6.07, 6.45) is 3.89. The fourth-order valence-corrected chi connectivity index (χ4v) is 4.57. The molecule has 23 heavy (non-hydrogen) atoms. The molecule has 1 amide bonds. The summed E-state index contributed by atoms with van der Waals surface area (Å²) < 4.78 is 0. The van der Waals surface area contributed by atoms with Gasteiger partial charge < -0.3 is 4.90 Å². The highest BCUT2D eigenvalue weighted by molar-refractivity contribution is 7.11. The number of pyridine rings is 1. The third-order valence-electron chi connectivity index (χ3n) is 4.03. The first-order valence-corrected chi connectivity index (χ1v) is 9.15. The van der Waals surface area contributed by atoms with Crippen LogP contribution < -0.4 is 0 Å². The minimum Gasteiger partial charge on any atom is -0.332 e. The molecule has 1 atom stereocenters. The number of thiazole rings is 1. The molecule has 2 heterocycles. The van der Waals surface area contributed by atoms with Gasteiger partial charge in [0.25, 0.3) is 5.91 Å². The second kappa shape index (κ2) is 6.75. The molecule has 0 saturated heterocycles. The highest BCUT2D eigenvalue weighted by Gasteiger charge is 2.30. The second-order valence-corrected chi connectivity index (χ2v) is 7.53. The monoisotopic (exact) mass is 369 g/mol. The molecular formula is C16H17Cl2N3OS. The van der Waals surface area contributed by atoms with E-state index in [4.69, 9.17) is 23.2 Å². The van der Waals surface area contributed by atoms with Crippen LogP contribution in [0.15, 0.2) is 12.1 Å². The van der Waals surface area contributed by atoms with Crippen molar-refractivity contribution < 1.29 is 4.79 Å². The molecular weight excluding hydrogens is 353 g/mol. The van der Waals surface area contributed by atoms with Crippen molar-refractivity contribution in [3.05, 3.63) is 43.6 Å². The predicted octanol–water partition coefficient (Wildman–Crippen LogP) is 4.56. The van der Waals surface area contributed by atoms with E-state index in [1.54, 1.807) is 22.3 Å². The molecule has 2 aromatic heterocycles. The van der Waals surface area contributed by atoms with Crippen molar-refractivity contribution in [2.75, 3.05) is 7.05 Å². The lowest BCUT2D eigenvalue weighted by molar-refractivity contribution is 0.0712. The van der Waals surface area contributed by atoms with Crippen molar-refractivity contribution in [3.63, 3.8) is 0 Å². The fraction of sp³-hybridized carbons (Fsp3) is 0.438. The number of carbonyl (C=O) groups excluding carboxylic acids is 1. The predicted molar refractivity (Wildman–Crippen MR) is 93.5 cm³/mol. The number of carbonyl (C=O) groups is 1. The Hall–Kier alpha value is -1.17. The summed E-state index contributed by atoms with van der Waals surface area (Å²) in [6.45, 7) is 2.10. The number of aromatic nitrogens is 2. The number of aryl methyl sites for hydroxylation is 2. The number of nitrogens with zero attached hydrogens (tertiary/aromatic N) is 3. The zero-order valence-electron chi connectivity index (χ0n) is 13.0. The molecule has 0 N–H and O–H groups in total. The maximum atomic E-state index is 12.8. The molecule has 0 saturated carbocycles. The normalized spacial score (nSPS) is 17.0. The van der Waals surface area contributed by atoms with Crippen molar-refractivity contribution in [2.24, 2.45) is 0 Å². The molecule has 0 unspecified atom stereocenters. The van der Waals surface area contributed by atoms with E-state index in [0.29, 0.717) is 5.02 Å². The Bertz CT molecular complexity index is 727. The van der Waals surface area contributed by atoms with Gasteiger partial charge in [-0.3, -0.25) is 4.79 Å². The number of hydrogen-bond acceptors (Lipinski definition) is 4. The number of halogens is 2. The zero-order chi connectivity index (χ0) is 16.6. The Morgan fingerprint density at radius 2 is 2.17 bits per heavy atom. The summed E-state index contributed by atoms with van der Waals surface area (Å²) in [7, 11) is 1.81.